The summed E-state index contributed by atoms with van der Waals surface area (Å²) in [5, 5.41) is 3.33. The molecular weight excluding hydrogens is 262 g/mol. The summed E-state index contributed by atoms with van der Waals surface area (Å²) in [5.74, 6) is 1.78. The molecule has 0 bridgehead atoms. The molecule has 1 aromatic heterocycles. The van der Waals surface area contributed by atoms with E-state index in [0.29, 0.717) is 0 Å². The van der Waals surface area contributed by atoms with Crippen LogP contribution < -0.4 is 15.0 Å². The molecule has 0 amide bonds. The number of benzene rings is 1. The molecule has 0 radical (unpaired) electrons. The zero-order chi connectivity index (χ0) is 15.2. The number of ether oxygens (including phenoxy) is 1. The summed E-state index contributed by atoms with van der Waals surface area (Å²) in [7, 11) is 3.69. The Balaban J connectivity index is 2.22. The summed E-state index contributed by atoms with van der Waals surface area (Å²) < 4.78 is 5.27. The lowest BCUT2D eigenvalue weighted by molar-refractivity contribution is 0.415. The predicted octanol–water partition coefficient (Wildman–Crippen LogP) is 3.28. The van der Waals surface area contributed by atoms with E-state index in [9.17, 15) is 0 Å². The number of methoxy groups -OCH3 is 1. The van der Waals surface area contributed by atoms with Gasteiger partial charge in [-0.25, -0.2) is 4.98 Å². The Kier molecular flexibility index (Phi) is 5.17. The number of nitrogens with zero attached hydrogens (tertiary/aromatic N) is 2. The van der Waals surface area contributed by atoms with E-state index < -0.39 is 0 Å². The van der Waals surface area contributed by atoms with Gasteiger partial charge >= 0.3 is 0 Å². The first-order valence-corrected chi connectivity index (χ1v) is 7.20. The highest BCUT2D eigenvalue weighted by Crippen LogP contribution is 2.26. The van der Waals surface area contributed by atoms with Crippen molar-refractivity contribution in [2.24, 2.45) is 0 Å². The van der Waals surface area contributed by atoms with Crippen molar-refractivity contribution >= 4 is 11.5 Å². The van der Waals surface area contributed by atoms with Gasteiger partial charge in [0.05, 0.1) is 7.11 Å². The third-order valence-corrected chi connectivity index (χ3v) is 3.53. The van der Waals surface area contributed by atoms with Crippen LogP contribution in [0.2, 0.25) is 0 Å². The van der Waals surface area contributed by atoms with E-state index in [1.807, 2.05) is 31.3 Å². The van der Waals surface area contributed by atoms with Crippen molar-refractivity contribution in [1.29, 1.82) is 0 Å². The summed E-state index contributed by atoms with van der Waals surface area (Å²) in [6.45, 7) is 5.98. The molecule has 0 fully saturated rings. The number of hydrogen-bond donors (Lipinski definition) is 1. The van der Waals surface area contributed by atoms with Crippen molar-refractivity contribution in [2.75, 3.05) is 25.6 Å². The van der Waals surface area contributed by atoms with Gasteiger partial charge in [-0.2, -0.15) is 0 Å². The van der Waals surface area contributed by atoms with Gasteiger partial charge < -0.3 is 15.0 Å². The second-order valence-corrected chi connectivity index (χ2v) is 4.95. The van der Waals surface area contributed by atoms with Crippen LogP contribution in [0.15, 0.2) is 36.4 Å². The van der Waals surface area contributed by atoms with Crippen LogP contribution in [0.4, 0.5) is 11.5 Å². The largest absolute Gasteiger partial charge is 0.497 e. The Hall–Kier alpha value is -2.07. The third-order valence-electron chi connectivity index (χ3n) is 3.53. The Bertz CT molecular complexity index is 598. The van der Waals surface area contributed by atoms with E-state index in [4.69, 9.17) is 9.72 Å². The molecule has 4 nitrogen and oxygen atoms in total. The molecule has 0 spiro atoms. The van der Waals surface area contributed by atoms with Crippen molar-refractivity contribution in [2.45, 2.75) is 20.4 Å². The van der Waals surface area contributed by atoms with Crippen LogP contribution in [0, 0.1) is 6.92 Å². The average molecular weight is 285 g/mol. The second-order valence-electron chi connectivity index (χ2n) is 4.95. The van der Waals surface area contributed by atoms with Gasteiger partial charge in [0, 0.05) is 31.0 Å². The number of hydrogen-bond acceptors (Lipinski definition) is 4. The first-order valence-electron chi connectivity index (χ1n) is 7.20. The van der Waals surface area contributed by atoms with Crippen molar-refractivity contribution in [3.63, 3.8) is 0 Å². The molecular formula is C17H23N3O. The number of rotatable bonds is 6. The SMILES string of the molecule is CCNCc1ccc(N(C)c2cccc(OC)c2)nc1C. The zero-order valence-electron chi connectivity index (χ0n) is 13.2. The molecule has 0 saturated heterocycles. The second kappa shape index (κ2) is 7.09. The van der Waals surface area contributed by atoms with Crippen LogP contribution in [-0.4, -0.2) is 25.7 Å². The fraction of sp³-hybridized carbons (Fsp3) is 0.353. The number of anilines is 2. The van der Waals surface area contributed by atoms with Crippen molar-refractivity contribution in [3.8, 4) is 5.75 Å². The van der Waals surface area contributed by atoms with Gasteiger partial charge in [0.25, 0.3) is 0 Å². The average Bonchev–Trinajstić information content (AvgIpc) is 2.53. The monoisotopic (exact) mass is 285 g/mol. The van der Waals surface area contributed by atoms with Crippen molar-refractivity contribution in [1.82, 2.24) is 10.3 Å². The molecule has 4 heteroatoms. The summed E-state index contributed by atoms with van der Waals surface area (Å²) in [6.07, 6.45) is 0. The van der Waals surface area contributed by atoms with Crippen LogP contribution in [0.25, 0.3) is 0 Å². The van der Waals surface area contributed by atoms with Crippen LogP contribution in [0.3, 0.4) is 0 Å². The van der Waals surface area contributed by atoms with Crippen LogP contribution >= 0.6 is 0 Å². The zero-order valence-corrected chi connectivity index (χ0v) is 13.2. The van der Waals surface area contributed by atoms with Gasteiger partial charge in [-0.3, -0.25) is 0 Å². The van der Waals surface area contributed by atoms with Crippen molar-refractivity contribution < 1.29 is 4.74 Å². The van der Waals surface area contributed by atoms with Gasteiger partial charge in [-0.05, 0) is 37.2 Å². The molecule has 1 N–H and O–H groups in total. The Morgan fingerprint density at radius 1 is 1.24 bits per heavy atom. The Morgan fingerprint density at radius 3 is 2.71 bits per heavy atom. The molecule has 0 saturated carbocycles. The van der Waals surface area contributed by atoms with Gasteiger partial charge in [0.1, 0.15) is 11.6 Å². The first-order chi connectivity index (χ1) is 10.2. The Labute approximate surface area is 126 Å². The number of nitrogens with one attached hydrogen (secondary N) is 1. The van der Waals surface area contributed by atoms with E-state index in [1.54, 1.807) is 7.11 Å². The molecule has 1 aromatic carbocycles. The summed E-state index contributed by atoms with van der Waals surface area (Å²) >= 11 is 0. The standard InChI is InChI=1S/C17H23N3O/c1-5-18-12-14-9-10-17(19-13(14)2)20(3)15-7-6-8-16(11-15)21-4/h6-11,18H,5,12H2,1-4H3. The highest BCUT2D eigenvalue weighted by atomic mass is 16.5. The van der Waals surface area contributed by atoms with Crippen LogP contribution in [0.1, 0.15) is 18.2 Å². The maximum absolute atomic E-state index is 5.27. The Morgan fingerprint density at radius 2 is 2.05 bits per heavy atom. The van der Waals surface area contributed by atoms with E-state index >= 15 is 0 Å². The summed E-state index contributed by atoms with van der Waals surface area (Å²) in [6, 6.07) is 12.2. The fourth-order valence-electron chi connectivity index (χ4n) is 2.16. The van der Waals surface area contributed by atoms with Gasteiger partial charge in [0.2, 0.25) is 0 Å². The van der Waals surface area contributed by atoms with E-state index in [0.717, 1.165) is 36.0 Å². The lowest BCUT2D eigenvalue weighted by atomic mass is 10.2. The lowest BCUT2D eigenvalue weighted by Crippen LogP contribution is -2.15. The van der Waals surface area contributed by atoms with Crippen LogP contribution in [-0.2, 0) is 6.54 Å². The normalized spacial score (nSPS) is 10.5. The summed E-state index contributed by atoms with van der Waals surface area (Å²) in [4.78, 5) is 6.77. The molecule has 21 heavy (non-hydrogen) atoms. The number of aryl methyl sites for hydroxylation is 1. The highest BCUT2D eigenvalue weighted by molar-refractivity contribution is 5.61. The fourth-order valence-corrected chi connectivity index (χ4v) is 2.16. The number of aromatic nitrogens is 1. The van der Waals surface area contributed by atoms with E-state index in [-0.39, 0.29) is 0 Å². The molecule has 2 rings (SSSR count). The minimum absolute atomic E-state index is 0.847. The van der Waals surface area contributed by atoms with Gasteiger partial charge in [-0.1, -0.05) is 19.1 Å². The molecule has 0 unspecified atom stereocenters. The topological polar surface area (TPSA) is 37.4 Å². The third kappa shape index (κ3) is 3.73. The van der Waals surface area contributed by atoms with Crippen LogP contribution in [0.5, 0.6) is 5.75 Å². The smallest absolute Gasteiger partial charge is 0.132 e. The number of pyridine rings is 1. The molecule has 0 aliphatic heterocycles. The maximum Gasteiger partial charge on any atom is 0.132 e. The molecule has 1 heterocycles. The minimum atomic E-state index is 0.847. The molecule has 0 aliphatic rings. The minimum Gasteiger partial charge on any atom is -0.497 e. The first kappa shape index (κ1) is 15.3. The van der Waals surface area contributed by atoms with Gasteiger partial charge in [-0.15, -0.1) is 0 Å². The van der Waals surface area contributed by atoms with Crippen molar-refractivity contribution in [3.05, 3.63) is 47.7 Å². The molecule has 0 atom stereocenters. The molecule has 112 valence electrons. The summed E-state index contributed by atoms with van der Waals surface area (Å²) in [5.41, 5.74) is 3.35. The highest BCUT2D eigenvalue weighted by Gasteiger charge is 2.08. The molecule has 2 aromatic rings. The lowest BCUT2D eigenvalue weighted by Gasteiger charge is -2.20. The van der Waals surface area contributed by atoms with Gasteiger partial charge in [0.15, 0.2) is 0 Å². The predicted molar refractivity (Wildman–Crippen MR) is 87.4 cm³/mol. The maximum atomic E-state index is 5.27. The molecule has 0 aliphatic carbocycles. The van der Waals surface area contributed by atoms with E-state index in [1.165, 1.54) is 5.56 Å². The van der Waals surface area contributed by atoms with E-state index in [2.05, 4.69) is 36.2 Å². The quantitative estimate of drug-likeness (QED) is 0.884.